The molecule has 116 valence electrons. The van der Waals surface area contributed by atoms with Crippen LogP contribution in [-0.4, -0.2) is 41.5 Å². The van der Waals surface area contributed by atoms with Gasteiger partial charge in [-0.15, -0.1) is 0 Å². The summed E-state index contributed by atoms with van der Waals surface area (Å²) in [5.74, 6) is -1.90. The fourth-order valence-corrected chi connectivity index (χ4v) is 3.89. The minimum absolute atomic E-state index is 0.215. The standard InChI is InChI=1S/C17H20N2O3/c1-10(2)8-14-17(12(15(20)21)9-19(14)3)11-6-4-5-7-13(11)18-16(17)22/h4-8,12,14H,9H2,1-3H3,(H,18,22)(H,20,21). The molecule has 2 N–H and O–H groups in total. The number of amides is 1. The van der Waals surface area contributed by atoms with Crippen molar-refractivity contribution < 1.29 is 14.7 Å². The van der Waals surface area contributed by atoms with Gasteiger partial charge in [-0.05, 0) is 32.5 Å². The molecular formula is C17H20N2O3. The number of nitrogens with zero attached hydrogens (tertiary/aromatic N) is 1. The number of hydrogen-bond acceptors (Lipinski definition) is 3. The van der Waals surface area contributed by atoms with Crippen molar-refractivity contribution in [2.45, 2.75) is 25.3 Å². The minimum Gasteiger partial charge on any atom is -0.481 e. The number of hydrogen-bond donors (Lipinski definition) is 2. The van der Waals surface area contributed by atoms with Gasteiger partial charge in [0.25, 0.3) is 0 Å². The van der Waals surface area contributed by atoms with Crippen molar-refractivity contribution in [3.63, 3.8) is 0 Å². The van der Waals surface area contributed by atoms with Gasteiger partial charge in [-0.1, -0.05) is 29.8 Å². The van der Waals surface area contributed by atoms with Crippen LogP contribution in [0, 0.1) is 5.92 Å². The summed E-state index contributed by atoms with van der Waals surface area (Å²) in [5, 5.41) is 12.6. The maximum Gasteiger partial charge on any atom is 0.309 e. The Hall–Kier alpha value is -2.14. The zero-order valence-corrected chi connectivity index (χ0v) is 13.0. The van der Waals surface area contributed by atoms with Gasteiger partial charge >= 0.3 is 5.97 Å². The molecule has 1 amide bonds. The molecule has 3 rings (SSSR count). The topological polar surface area (TPSA) is 69.6 Å². The average Bonchev–Trinajstić information content (AvgIpc) is 2.89. The van der Waals surface area contributed by atoms with Crippen LogP contribution in [0.1, 0.15) is 19.4 Å². The third-order valence-electron chi connectivity index (χ3n) is 4.75. The highest BCUT2D eigenvalue weighted by Gasteiger charge is 2.64. The highest BCUT2D eigenvalue weighted by atomic mass is 16.4. The SMILES string of the molecule is CC(C)=CC1N(C)CC(C(=O)O)C12C(=O)Nc1ccccc12. The number of aliphatic carboxylic acids is 1. The lowest BCUT2D eigenvalue weighted by atomic mass is 9.68. The largest absolute Gasteiger partial charge is 0.481 e. The van der Waals surface area contributed by atoms with Crippen LogP contribution in [0.3, 0.4) is 0 Å². The van der Waals surface area contributed by atoms with E-state index in [-0.39, 0.29) is 11.9 Å². The van der Waals surface area contributed by atoms with Crippen molar-refractivity contribution in [1.29, 1.82) is 0 Å². The summed E-state index contributed by atoms with van der Waals surface area (Å²) in [4.78, 5) is 26.7. The highest BCUT2D eigenvalue weighted by molar-refractivity contribution is 6.10. The molecular weight excluding hydrogens is 280 g/mol. The number of carbonyl (C=O) groups is 2. The van der Waals surface area contributed by atoms with Gasteiger partial charge in [0.05, 0.1) is 5.92 Å². The van der Waals surface area contributed by atoms with Gasteiger partial charge in [-0.25, -0.2) is 0 Å². The summed E-state index contributed by atoms with van der Waals surface area (Å²) >= 11 is 0. The van der Waals surface area contributed by atoms with Gasteiger partial charge in [-0.2, -0.15) is 0 Å². The van der Waals surface area contributed by atoms with Crippen LogP contribution < -0.4 is 5.32 Å². The fraction of sp³-hybridized carbons (Fsp3) is 0.412. The molecule has 3 unspecified atom stereocenters. The van der Waals surface area contributed by atoms with Gasteiger partial charge < -0.3 is 10.4 Å². The Morgan fingerprint density at radius 2 is 2.09 bits per heavy atom. The van der Waals surface area contributed by atoms with Crippen molar-refractivity contribution in [3.05, 3.63) is 41.5 Å². The second-order valence-corrected chi connectivity index (χ2v) is 6.39. The molecule has 22 heavy (non-hydrogen) atoms. The number of nitrogens with one attached hydrogen (secondary N) is 1. The number of allylic oxidation sites excluding steroid dienone is 1. The zero-order chi connectivity index (χ0) is 16.1. The number of carboxylic acid groups (broad SMARTS) is 1. The normalized spacial score (nSPS) is 30.2. The predicted octanol–water partition coefficient (Wildman–Crippen LogP) is 1.86. The van der Waals surface area contributed by atoms with Crippen LogP contribution in [0.25, 0.3) is 0 Å². The molecule has 3 atom stereocenters. The molecule has 1 aromatic rings. The van der Waals surface area contributed by atoms with Crippen LogP contribution in [0.4, 0.5) is 5.69 Å². The molecule has 1 spiro atoms. The average molecular weight is 300 g/mol. The second-order valence-electron chi connectivity index (χ2n) is 6.39. The lowest BCUT2D eigenvalue weighted by Crippen LogP contribution is -2.50. The van der Waals surface area contributed by atoms with Crippen LogP contribution >= 0.6 is 0 Å². The van der Waals surface area contributed by atoms with Gasteiger partial charge in [-0.3, -0.25) is 14.5 Å². The summed E-state index contributed by atoms with van der Waals surface area (Å²) < 4.78 is 0. The molecule has 0 aliphatic carbocycles. The molecule has 0 bridgehead atoms. The first-order chi connectivity index (χ1) is 10.4. The number of likely N-dealkylation sites (N-methyl/N-ethyl adjacent to an activating group) is 1. The number of benzene rings is 1. The Labute approximate surface area is 129 Å². The predicted molar refractivity (Wildman–Crippen MR) is 83.7 cm³/mol. The number of likely N-dealkylation sites (tertiary alicyclic amines) is 1. The summed E-state index contributed by atoms with van der Waals surface area (Å²) in [6.45, 7) is 4.29. The molecule has 1 saturated heterocycles. The third-order valence-corrected chi connectivity index (χ3v) is 4.75. The Bertz CT molecular complexity index is 678. The minimum atomic E-state index is -1.06. The molecule has 5 heteroatoms. The molecule has 0 aromatic heterocycles. The molecule has 1 aromatic carbocycles. The van der Waals surface area contributed by atoms with Gasteiger partial charge in [0.15, 0.2) is 0 Å². The van der Waals surface area contributed by atoms with E-state index in [0.717, 1.165) is 16.8 Å². The van der Waals surface area contributed by atoms with E-state index >= 15 is 0 Å². The Balaban J connectivity index is 2.28. The third kappa shape index (κ3) is 1.82. The van der Waals surface area contributed by atoms with E-state index in [2.05, 4.69) is 5.32 Å². The summed E-state index contributed by atoms with van der Waals surface area (Å²) in [6.07, 6.45) is 2.00. The quantitative estimate of drug-likeness (QED) is 0.818. The molecule has 2 aliphatic heterocycles. The van der Waals surface area contributed by atoms with E-state index in [1.165, 1.54) is 0 Å². The lowest BCUT2D eigenvalue weighted by molar-refractivity contribution is -0.145. The smallest absolute Gasteiger partial charge is 0.309 e. The molecule has 1 fully saturated rings. The van der Waals surface area contributed by atoms with Gasteiger partial charge in [0.1, 0.15) is 5.41 Å². The van der Waals surface area contributed by atoms with E-state index in [1.54, 1.807) is 0 Å². The van der Waals surface area contributed by atoms with Crippen LogP contribution in [0.15, 0.2) is 35.9 Å². The van der Waals surface area contributed by atoms with E-state index in [0.29, 0.717) is 6.54 Å². The molecule has 2 heterocycles. The fourth-order valence-electron chi connectivity index (χ4n) is 3.89. The first kappa shape index (κ1) is 14.8. The zero-order valence-electron chi connectivity index (χ0n) is 13.0. The Morgan fingerprint density at radius 3 is 2.73 bits per heavy atom. The van der Waals surface area contributed by atoms with Crippen molar-refractivity contribution in [3.8, 4) is 0 Å². The maximum absolute atomic E-state index is 12.9. The number of para-hydroxylation sites is 1. The van der Waals surface area contributed by atoms with Crippen LogP contribution in [-0.2, 0) is 15.0 Å². The van der Waals surface area contributed by atoms with Gasteiger partial charge in [0.2, 0.25) is 5.91 Å². The van der Waals surface area contributed by atoms with E-state index < -0.39 is 17.3 Å². The molecule has 5 nitrogen and oxygen atoms in total. The Kier molecular flexibility index (Phi) is 3.33. The molecule has 0 radical (unpaired) electrons. The first-order valence-corrected chi connectivity index (χ1v) is 7.38. The number of anilines is 1. The number of carboxylic acids is 1. The van der Waals surface area contributed by atoms with Crippen LogP contribution in [0.2, 0.25) is 0 Å². The Morgan fingerprint density at radius 1 is 1.41 bits per heavy atom. The second kappa shape index (κ2) is 4.95. The van der Waals surface area contributed by atoms with E-state index in [9.17, 15) is 14.7 Å². The summed E-state index contributed by atoms with van der Waals surface area (Å²) in [5.41, 5.74) is 1.52. The summed E-state index contributed by atoms with van der Waals surface area (Å²) in [7, 11) is 1.88. The van der Waals surface area contributed by atoms with Crippen molar-refractivity contribution >= 4 is 17.6 Å². The maximum atomic E-state index is 12.9. The van der Waals surface area contributed by atoms with Crippen LogP contribution in [0.5, 0.6) is 0 Å². The number of carbonyl (C=O) groups excluding carboxylic acids is 1. The van der Waals surface area contributed by atoms with E-state index in [4.69, 9.17) is 0 Å². The number of fused-ring (bicyclic) bond motifs is 2. The van der Waals surface area contributed by atoms with E-state index in [1.807, 2.05) is 56.1 Å². The van der Waals surface area contributed by atoms with Gasteiger partial charge in [0, 0.05) is 18.3 Å². The first-order valence-electron chi connectivity index (χ1n) is 7.38. The van der Waals surface area contributed by atoms with Crippen molar-refractivity contribution in [2.75, 3.05) is 18.9 Å². The molecule has 2 aliphatic rings. The monoisotopic (exact) mass is 300 g/mol. The lowest BCUT2D eigenvalue weighted by Gasteiger charge is -2.32. The molecule has 0 saturated carbocycles. The number of rotatable bonds is 2. The van der Waals surface area contributed by atoms with Crippen molar-refractivity contribution in [1.82, 2.24) is 4.90 Å². The highest BCUT2D eigenvalue weighted by Crippen LogP contribution is 2.51. The summed E-state index contributed by atoms with van der Waals surface area (Å²) in [6, 6.07) is 7.15. The van der Waals surface area contributed by atoms with Crippen molar-refractivity contribution in [2.24, 2.45) is 5.92 Å².